The van der Waals surface area contributed by atoms with Crippen molar-refractivity contribution in [3.8, 4) is 11.4 Å². The van der Waals surface area contributed by atoms with Crippen LogP contribution in [0.15, 0.2) is 42.7 Å². The Morgan fingerprint density at radius 2 is 2.24 bits per heavy atom. The van der Waals surface area contributed by atoms with Gasteiger partial charge in [0.2, 0.25) is 0 Å². The van der Waals surface area contributed by atoms with Crippen molar-refractivity contribution in [1.29, 1.82) is 0 Å². The Labute approximate surface area is 122 Å². The number of fused-ring (bicyclic) bond motifs is 1. The number of hydrogen-bond donors (Lipinski definition) is 2. The van der Waals surface area contributed by atoms with Crippen LogP contribution in [0.3, 0.4) is 0 Å². The molecule has 4 rings (SSSR count). The normalized spacial score (nSPS) is 18.2. The first-order valence-electron chi connectivity index (χ1n) is 7.13. The highest BCUT2D eigenvalue weighted by Crippen LogP contribution is 2.20. The Hall–Kier alpha value is -2.47. The van der Waals surface area contributed by atoms with Gasteiger partial charge in [0.15, 0.2) is 5.65 Å². The first kappa shape index (κ1) is 12.3. The van der Waals surface area contributed by atoms with Crippen molar-refractivity contribution < 1.29 is 0 Å². The molecule has 0 aliphatic carbocycles. The third kappa shape index (κ3) is 2.34. The molecule has 21 heavy (non-hydrogen) atoms. The Kier molecular flexibility index (Phi) is 3.01. The summed E-state index contributed by atoms with van der Waals surface area (Å²) in [5.74, 6) is 0.895. The molecule has 3 aromatic heterocycles. The molecule has 1 aliphatic heterocycles. The summed E-state index contributed by atoms with van der Waals surface area (Å²) in [5, 5.41) is 11.1. The number of nitrogens with zero attached hydrogens (tertiary/aromatic N) is 4. The molecule has 1 aliphatic rings. The summed E-state index contributed by atoms with van der Waals surface area (Å²) < 4.78 is 1.81. The van der Waals surface area contributed by atoms with Gasteiger partial charge in [-0.3, -0.25) is 0 Å². The van der Waals surface area contributed by atoms with E-state index in [1.54, 1.807) is 6.20 Å². The number of imidazole rings is 1. The molecule has 1 unspecified atom stereocenters. The minimum atomic E-state index is 0.452. The molecule has 0 radical (unpaired) electrons. The summed E-state index contributed by atoms with van der Waals surface area (Å²) in [4.78, 5) is 9.05. The molecule has 0 spiro atoms. The molecule has 0 bridgehead atoms. The fourth-order valence-corrected chi connectivity index (χ4v) is 2.65. The number of anilines is 1. The van der Waals surface area contributed by atoms with Crippen LogP contribution in [0.2, 0.25) is 0 Å². The zero-order valence-electron chi connectivity index (χ0n) is 11.5. The summed E-state index contributed by atoms with van der Waals surface area (Å²) >= 11 is 0. The van der Waals surface area contributed by atoms with Crippen LogP contribution < -0.4 is 10.6 Å². The highest BCUT2D eigenvalue weighted by molar-refractivity contribution is 5.61. The fourth-order valence-electron chi connectivity index (χ4n) is 2.65. The van der Waals surface area contributed by atoms with Crippen LogP contribution in [0.1, 0.15) is 6.42 Å². The molecule has 3 aromatic rings. The Morgan fingerprint density at radius 1 is 1.24 bits per heavy atom. The first-order chi connectivity index (χ1) is 10.4. The van der Waals surface area contributed by atoms with Gasteiger partial charge in [0, 0.05) is 18.8 Å². The lowest BCUT2D eigenvalue weighted by molar-refractivity contribution is 0.788. The van der Waals surface area contributed by atoms with E-state index in [0.29, 0.717) is 6.04 Å². The van der Waals surface area contributed by atoms with E-state index in [1.807, 2.05) is 41.0 Å². The standard InChI is InChI=1S/C15H16N6/c1-3-12(13-10-17-15-5-2-7-18-21(13)15)20-14(4-1)19-11-6-8-16-9-11/h1-5,7,10-11,16H,6,8-9H2,(H,19,20). The van der Waals surface area contributed by atoms with Gasteiger partial charge >= 0.3 is 0 Å². The van der Waals surface area contributed by atoms with Crippen molar-refractivity contribution in [2.24, 2.45) is 0 Å². The van der Waals surface area contributed by atoms with Gasteiger partial charge in [-0.25, -0.2) is 14.5 Å². The molecule has 4 heterocycles. The van der Waals surface area contributed by atoms with Crippen molar-refractivity contribution in [3.05, 3.63) is 42.7 Å². The van der Waals surface area contributed by atoms with E-state index in [-0.39, 0.29) is 0 Å². The fraction of sp³-hybridized carbons (Fsp3) is 0.267. The van der Waals surface area contributed by atoms with E-state index >= 15 is 0 Å². The van der Waals surface area contributed by atoms with Crippen molar-refractivity contribution in [2.75, 3.05) is 18.4 Å². The summed E-state index contributed by atoms with van der Waals surface area (Å²) in [6, 6.07) is 10.3. The topological polar surface area (TPSA) is 67.1 Å². The molecule has 6 nitrogen and oxygen atoms in total. The van der Waals surface area contributed by atoms with Crippen molar-refractivity contribution in [2.45, 2.75) is 12.5 Å². The van der Waals surface area contributed by atoms with E-state index in [0.717, 1.165) is 42.4 Å². The molecule has 0 amide bonds. The molecular formula is C15H16N6. The smallest absolute Gasteiger partial charge is 0.154 e. The predicted molar refractivity (Wildman–Crippen MR) is 81.1 cm³/mol. The quantitative estimate of drug-likeness (QED) is 0.762. The maximum atomic E-state index is 4.69. The van der Waals surface area contributed by atoms with Crippen LogP contribution in [0.4, 0.5) is 5.82 Å². The lowest BCUT2D eigenvalue weighted by Gasteiger charge is -2.12. The first-order valence-corrected chi connectivity index (χ1v) is 7.13. The van der Waals surface area contributed by atoms with Gasteiger partial charge in [-0.05, 0) is 37.2 Å². The number of pyridine rings is 1. The Morgan fingerprint density at radius 3 is 3.14 bits per heavy atom. The maximum absolute atomic E-state index is 4.69. The highest BCUT2D eigenvalue weighted by Gasteiger charge is 2.15. The SMILES string of the molecule is c1cc(NC2CCNC2)nc(-c2cnc3cccnn23)c1. The molecule has 1 atom stereocenters. The highest BCUT2D eigenvalue weighted by atomic mass is 15.3. The summed E-state index contributed by atoms with van der Waals surface area (Å²) in [7, 11) is 0. The molecule has 1 fully saturated rings. The van der Waals surface area contributed by atoms with Crippen LogP contribution in [0.25, 0.3) is 17.0 Å². The third-order valence-electron chi connectivity index (χ3n) is 3.70. The molecule has 0 aromatic carbocycles. The molecule has 106 valence electrons. The zero-order chi connectivity index (χ0) is 14.1. The van der Waals surface area contributed by atoms with E-state index in [4.69, 9.17) is 0 Å². The summed E-state index contributed by atoms with van der Waals surface area (Å²) in [6.45, 7) is 2.05. The summed E-state index contributed by atoms with van der Waals surface area (Å²) in [5.41, 5.74) is 2.60. The second-order valence-electron chi connectivity index (χ2n) is 5.18. The number of nitrogens with one attached hydrogen (secondary N) is 2. The minimum absolute atomic E-state index is 0.452. The van der Waals surface area contributed by atoms with Crippen molar-refractivity contribution >= 4 is 11.5 Å². The molecule has 2 N–H and O–H groups in total. The third-order valence-corrected chi connectivity index (χ3v) is 3.70. The second kappa shape index (κ2) is 5.14. The monoisotopic (exact) mass is 280 g/mol. The van der Waals surface area contributed by atoms with Gasteiger partial charge in [-0.2, -0.15) is 5.10 Å². The van der Waals surface area contributed by atoms with Gasteiger partial charge in [-0.1, -0.05) is 6.07 Å². The molecular weight excluding hydrogens is 264 g/mol. The van der Waals surface area contributed by atoms with Gasteiger partial charge in [0.25, 0.3) is 0 Å². The number of aromatic nitrogens is 4. The van der Waals surface area contributed by atoms with Crippen LogP contribution in [0.5, 0.6) is 0 Å². The minimum Gasteiger partial charge on any atom is -0.366 e. The lowest BCUT2D eigenvalue weighted by atomic mass is 10.2. The second-order valence-corrected chi connectivity index (χ2v) is 5.18. The van der Waals surface area contributed by atoms with E-state index in [1.165, 1.54) is 0 Å². The van der Waals surface area contributed by atoms with Gasteiger partial charge in [0.05, 0.1) is 11.9 Å². The van der Waals surface area contributed by atoms with Gasteiger partial charge in [-0.15, -0.1) is 0 Å². The zero-order valence-corrected chi connectivity index (χ0v) is 11.5. The largest absolute Gasteiger partial charge is 0.366 e. The Balaban J connectivity index is 1.68. The van der Waals surface area contributed by atoms with Crippen LogP contribution in [0, 0.1) is 0 Å². The summed E-state index contributed by atoms with van der Waals surface area (Å²) in [6.07, 6.45) is 4.69. The van der Waals surface area contributed by atoms with E-state index in [2.05, 4.69) is 25.7 Å². The molecule has 0 saturated carbocycles. The van der Waals surface area contributed by atoms with Crippen LogP contribution >= 0.6 is 0 Å². The van der Waals surface area contributed by atoms with Gasteiger partial charge < -0.3 is 10.6 Å². The van der Waals surface area contributed by atoms with Crippen LogP contribution in [-0.4, -0.2) is 38.7 Å². The van der Waals surface area contributed by atoms with Gasteiger partial charge in [0.1, 0.15) is 11.5 Å². The number of hydrogen-bond acceptors (Lipinski definition) is 5. The molecule has 6 heteroatoms. The van der Waals surface area contributed by atoms with Crippen LogP contribution in [-0.2, 0) is 0 Å². The Bertz CT molecular complexity index is 759. The number of rotatable bonds is 3. The maximum Gasteiger partial charge on any atom is 0.154 e. The lowest BCUT2D eigenvalue weighted by Crippen LogP contribution is -2.22. The average Bonchev–Trinajstić information content (AvgIpc) is 3.16. The van der Waals surface area contributed by atoms with E-state index in [9.17, 15) is 0 Å². The molecule has 1 saturated heterocycles. The average molecular weight is 280 g/mol. The van der Waals surface area contributed by atoms with Crippen molar-refractivity contribution in [3.63, 3.8) is 0 Å². The predicted octanol–water partition coefficient (Wildman–Crippen LogP) is 1.57. The van der Waals surface area contributed by atoms with Crippen molar-refractivity contribution in [1.82, 2.24) is 24.9 Å². The van der Waals surface area contributed by atoms with E-state index < -0.39 is 0 Å².